The second-order valence-electron chi connectivity index (χ2n) is 3.46. The third kappa shape index (κ3) is 4.14. The van der Waals surface area contributed by atoms with Gasteiger partial charge in [0.15, 0.2) is 0 Å². The molecule has 5 nitrogen and oxygen atoms in total. The quantitative estimate of drug-likeness (QED) is 0.582. The molecule has 0 aromatic heterocycles. The van der Waals surface area contributed by atoms with Crippen molar-refractivity contribution in [2.75, 3.05) is 19.0 Å². The minimum Gasteiger partial charge on any atom is -0.478 e. The molecule has 0 radical (unpaired) electrons. The topological polar surface area (TPSA) is 75.6 Å². The van der Waals surface area contributed by atoms with Crippen molar-refractivity contribution in [3.63, 3.8) is 0 Å². The average Bonchev–Trinajstić information content (AvgIpc) is 2.34. The first kappa shape index (κ1) is 13.0. The number of carbonyl (C=O) groups is 2. The van der Waals surface area contributed by atoms with Crippen molar-refractivity contribution in [2.45, 2.75) is 12.8 Å². The molecule has 1 aromatic carbocycles. The Kier molecular flexibility index (Phi) is 5.00. The van der Waals surface area contributed by atoms with Crippen molar-refractivity contribution in [2.24, 2.45) is 0 Å². The van der Waals surface area contributed by atoms with Crippen molar-refractivity contribution in [3.8, 4) is 0 Å². The first-order chi connectivity index (χ1) is 8.15. The molecule has 5 heteroatoms. The van der Waals surface area contributed by atoms with E-state index in [-0.39, 0.29) is 11.5 Å². The molecule has 92 valence electrons. The Labute approximate surface area is 99.4 Å². The molecule has 0 amide bonds. The van der Waals surface area contributed by atoms with Gasteiger partial charge in [-0.25, -0.2) is 4.79 Å². The summed E-state index contributed by atoms with van der Waals surface area (Å²) in [5.41, 5.74) is 0.787. The van der Waals surface area contributed by atoms with Crippen LogP contribution in [0.4, 0.5) is 5.69 Å². The highest BCUT2D eigenvalue weighted by molar-refractivity contribution is 5.94. The Bertz CT molecular complexity index is 403. The van der Waals surface area contributed by atoms with Gasteiger partial charge in [-0.3, -0.25) is 4.79 Å². The lowest BCUT2D eigenvalue weighted by atomic mass is 10.1. The van der Waals surface area contributed by atoms with E-state index in [0.29, 0.717) is 25.1 Å². The Hall–Kier alpha value is -2.04. The van der Waals surface area contributed by atoms with Crippen LogP contribution in [0, 0.1) is 0 Å². The Morgan fingerprint density at radius 1 is 1.35 bits per heavy atom. The normalized spacial score (nSPS) is 9.71. The smallest absolute Gasteiger partial charge is 0.337 e. The number of anilines is 1. The summed E-state index contributed by atoms with van der Waals surface area (Å²) in [6.45, 7) is 0.527. The highest BCUT2D eigenvalue weighted by atomic mass is 16.5. The van der Waals surface area contributed by atoms with Crippen LogP contribution >= 0.6 is 0 Å². The van der Waals surface area contributed by atoms with Gasteiger partial charge in [-0.15, -0.1) is 0 Å². The minimum atomic E-state index is -0.971. The van der Waals surface area contributed by atoms with Gasteiger partial charge >= 0.3 is 11.9 Å². The van der Waals surface area contributed by atoms with Crippen molar-refractivity contribution < 1.29 is 19.4 Å². The molecule has 0 spiro atoms. The van der Waals surface area contributed by atoms with E-state index in [4.69, 9.17) is 5.11 Å². The van der Waals surface area contributed by atoms with Gasteiger partial charge in [0.1, 0.15) is 0 Å². The largest absolute Gasteiger partial charge is 0.478 e. The summed E-state index contributed by atoms with van der Waals surface area (Å²) >= 11 is 0. The van der Waals surface area contributed by atoms with E-state index in [1.165, 1.54) is 13.2 Å². The van der Waals surface area contributed by atoms with E-state index < -0.39 is 5.97 Å². The standard InChI is InChI=1S/C12H15NO4/c1-17-11(14)7-4-8-13-10-6-3-2-5-9(10)12(15)16/h2-3,5-6,13H,4,7-8H2,1H3,(H,15,16). The number of methoxy groups -OCH3 is 1. The Morgan fingerprint density at radius 3 is 2.71 bits per heavy atom. The maximum atomic E-state index is 10.9. The van der Waals surface area contributed by atoms with Crippen LogP contribution in [0.2, 0.25) is 0 Å². The molecular formula is C12H15NO4. The number of para-hydroxylation sites is 1. The van der Waals surface area contributed by atoms with Gasteiger partial charge in [-0.1, -0.05) is 12.1 Å². The zero-order valence-electron chi connectivity index (χ0n) is 9.60. The number of carboxylic acids is 1. The fourth-order valence-corrected chi connectivity index (χ4v) is 1.38. The summed E-state index contributed by atoms with van der Waals surface area (Å²) in [5.74, 6) is -1.24. The third-order valence-electron chi connectivity index (χ3n) is 2.26. The van der Waals surface area contributed by atoms with Crippen molar-refractivity contribution in [1.29, 1.82) is 0 Å². The second kappa shape index (κ2) is 6.52. The molecule has 0 aliphatic heterocycles. The molecule has 0 bridgehead atoms. The number of benzene rings is 1. The number of rotatable bonds is 6. The molecule has 0 aliphatic carbocycles. The molecule has 0 saturated heterocycles. The van der Waals surface area contributed by atoms with Crippen LogP contribution in [0.15, 0.2) is 24.3 Å². The summed E-state index contributed by atoms with van der Waals surface area (Å²) in [7, 11) is 1.34. The lowest BCUT2D eigenvalue weighted by Gasteiger charge is -2.08. The summed E-state index contributed by atoms with van der Waals surface area (Å²) in [6.07, 6.45) is 0.916. The molecule has 1 rings (SSSR count). The number of nitrogens with one attached hydrogen (secondary N) is 1. The summed E-state index contributed by atoms with van der Waals surface area (Å²) in [6, 6.07) is 6.66. The van der Waals surface area contributed by atoms with Gasteiger partial charge in [0, 0.05) is 18.7 Å². The SMILES string of the molecule is COC(=O)CCCNc1ccccc1C(=O)O. The van der Waals surface area contributed by atoms with E-state index >= 15 is 0 Å². The molecule has 0 atom stereocenters. The first-order valence-corrected chi connectivity index (χ1v) is 5.28. The molecular weight excluding hydrogens is 222 g/mol. The van der Waals surface area contributed by atoms with Crippen LogP contribution in [-0.4, -0.2) is 30.7 Å². The van der Waals surface area contributed by atoms with Crippen LogP contribution < -0.4 is 5.32 Å². The van der Waals surface area contributed by atoms with E-state index in [9.17, 15) is 9.59 Å². The number of carboxylic acid groups (broad SMARTS) is 1. The van der Waals surface area contributed by atoms with E-state index in [1.807, 2.05) is 0 Å². The summed E-state index contributed by atoms with van der Waals surface area (Å²) < 4.78 is 4.50. The number of carbonyl (C=O) groups excluding carboxylic acids is 1. The zero-order valence-corrected chi connectivity index (χ0v) is 9.60. The molecule has 0 heterocycles. The number of esters is 1. The zero-order chi connectivity index (χ0) is 12.7. The third-order valence-corrected chi connectivity index (χ3v) is 2.26. The van der Waals surface area contributed by atoms with Crippen molar-refractivity contribution in [1.82, 2.24) is 0 Å². The lowest BCUT2D eigenvalue weighted by Crippen LogP contribution is -2.09. The predicted molar refractivity (Wildman–Crippen MR) is 63.1 cm³/mol. The second-order valence-corrected chi connectivity index (χ2v) is 3.46. The van der Waals surface area contributed by atoms with Crippen LogP contribution in [-0.2, 0) is 9.53 Å². The van der Waals surface area contributed by atoms with Gasteiger partial charge < -0.3 is 15.2 Å². The fraction of sp³-hybridized carbons (Fsp3) is 0.333. The number of aromatic carboxylic acids is 1. The number of hydrogen-bond acceptors (Lipinski definition) is 4. The van der Waals surface area contributed by atoms with Gasteiger partial charge in [0.2, 0.25) is 0 Å². The van der Waals surface area contributed by atoms with E-state index in [0.717, 1.165) is 0 Å². The van der Waals surface area contributed by atoms with Gasteiger partial charge in [0.25, 0.3) is 0 Å². The van der Waals surface area contributed by atoms with Crippen LogP contribution in [0.25, 0.3) is 0 Å². The van der Waals surface area contributed by atoms with Gasteiger partial charge in [-0.05, 0) is 18.6 Å². The van der Waals surface area contributed by atoms with E-state index in [1.54, 1.807) is 18.2 Å². The Balaban J connectivity index is 2.46. The average molecular weight is 237 g/mol. The molecule has 0 fully saturated rings. The molecule has 0 unspecified atom stereocenters. The summed E-state index contributed by atoms with van der Waals surface area (Å²) in [4.78, 5) is 21.7. The summed E-state index contributed by atoms with van der Waals surface area (Å²) in [5, 5.41) is 11.9. The maximum Gasteiger partial charge on any atom is 0.337 e. The van der Waals surface area contributed by atoms with Crippen LogP contribution in [0.3, 0.4) is 0 Å². The number of hydrogen-bond donors (Lipinski definition) is 2. The Morgan fingerprint density at radius 2 is 2.06 bits per heavy atom. The predicted octanol–water partition coefficient (Wildman–Crippen LogP) is 1.75. The van der Waals surface area contributed by atoms with Gasteiger partial charge in [-0.2, -0.15) is 0 Å². The molecule has 2 N–H and O–H groups in total. The first-order valence-electron chi connectivity index (χ1n) is 5.28. The molecule has 0 saturated carbocycles. The van der Waals surface area contributed by atoms with Gasteiger partial charge in [0.05, 0.1) is 12.7 Å². The fourth-order valence-electron chi connectivity index (χ4n) is 1.38. The van der Waals surface area contributed by atoms with Crippen molar-refractivity contribution in [3.05, 3.63) is 29.8 Å². The molecule has 0 aliphatic rings. The number of ether oxygens (including phenoxy) is 1. The highest BCUT2D eigenvalue weighted by Crippen LogP contribution is 2.14. The minimum absolute atomic E-state index is 0.227. The highest BCUT2D eigenvalue weighted by Gasteiger charge is 2.08. The van der Waals surface area contributed by atoms with Crippen molar-refractivity contribution >= 4 is 17.6 Å². The molecule has 17 heavy (non-hydrogen) atoms. The molecule has 1 aromatic rings. The van der Waals surface area contributed by atoms with E-state index in [2.05, 4.69) is 10.1 Å². The van der Waals surface area contributed by atoms with Crippen LogP contribution in [0.5, 0.6) is 0 Å². The monoisotopic (exact) mass is 237 g/mol. The lowest BCUT2D eigenvalue weighted by molar-refractivity contribution is -0.140. The van der Waals surface area contributed by atoms with Crippen LogP contribution in [0.1, 0.15) is 23.2 Å². The maximum absolute atomic E-state index is 10.9.